The molecule has 7 heteroatoms. The van der Waals surface area contributed by atoms with Crippen molar-refractivity contribution in [2.75, 3.05) is 29.9 Å². The second-order valence-corrected chi connectivity index (χ2v) is 9.26. The van der Waals surface area contributed by atoms with Gasteiger partial charge < -0.3 is 5.32 Å². The minimum Gasteiger partial charge on any atom is -0.321 e. The minimum absolute atomic E-state index is 0.236. The van der Waals surface area contributed by atoms with Crippen molar-refractivity contribution in [2.45, 2.75) is 25.8 Å². The first-order valence-corrected chi connectivity index (χ1v) is 11.9. The van der Waals surface area contributed by atoms with Gasteiger partial charge in [-0.15, -0.1) is 0 Å². The molecule has 0 bridgehead atoms. The second kappa shape index (κ2) is 8.85. The number of hydrogen-bond donors (Lipinski definition) is 1. The smallest absolute Gasteiger partial charge is 0.276 e. The van der Waals surface area contributed by atoms with Crippen LogP contribution in [0.25, 0.3) is 5.69 Å². The summed E-state index contributed by atoms with van der Waals surface area (Å²) in [5.41, 5.74) is 4.61. The molecule has 0 radical (unpaired) electrons. The summed E-state index contributed by atoms with van der Waals surface area (Å²) in [5.74, 6) is 1.77. The highest BCUT2D eigenvalue weighted by molar-refractivity contribution is 7.99. The zero-order chi connectivity index (χ0) is 21.2. The molecule has 1 aliphatic heterocycles. The zero-order valence-corrected chi connectivity index (χ0v) is 18.1. The van der Waals surface area contributed by atoms with E-state index in [0.29, 0.717) is 11.4 Å². The Morgan fingerprint density at radius 2 is 1.94 bits per heavy atom. The lowest BCUT2D eigenvalue weighted by Crippen LogP contribution is -2.31. The molecule has 2 heterocycles. The van der Waals surface area contributed by atoms with Crippen LogP contribution in [0.3, 0.4) is 0 Å². The summed E-state index contributed by atoms with van der Waals surface area (Å²) in [5, 5.41) is 7.54. The lowest BCUT2D eigenvalue weighted by molar-refractivity contribution is 0.102. The van der Waals surface area contributed by atoms with E-state index < -0.39 is 0 Å². The number of anilines is 1. The van der Waals surface area contributed by atoms with E-state index in [1.54, 1.807) is 22.9 Å². The number of carbonyl (C=O) groups excluding carboxylic acids is 1. The number of hydrogen-bond acceptors (Lipinski definition) is 4. The van der Waals surface area contributed by atoms with Crippen molar-refractivity contribution < 1.29 is 9.18 Å². The number of carbonyl (C=O) groups is 1. The molecule has 31 heavy (non-hydrogen) atoms. The first kappa shape index (κ1) is 20.3. The van der Waals surface area contributed by atoms with Gasteiger partial charge in [-0.05, 0) is 49.1 Å². The fourth-order valence-corrected chi connectivity index (χ4v) is 5.38. The Morgan fingerprint density at radius 1 is 1.10 bits per heavy atom. The molecule has 1 saturated heterocycles. The highest BCUT2D eigenvalue weighted by Crippen LogP contribution is 2.29. The molecular weight excluding hydrogens is 411 g/mol. The number of nitrogens with one attached hydrogen (secondary N) is 1. The number of fused-ring (bicyclic) bond motifs is 1. The number of halogens is 1. The Hall–Kier alpha value is -2.64. The van der Waals surface area contributed by atoms with E-state index in [4.69, 9.17) is 0 Å². The number of thioether (sulfide) groups is 1. The van der Waals surface area contributed by atoms with Crippen molar-refractivity contribution in [3.8, 4) is 5.69 Å². The number of amides is 1. The minimum atomic E-state index is -0.338. The Bertz CT molecular complexity index is 1110. The lowest BCUT2D eigenvalue weighted by Gasteiger charge is -2.26. The fourth-order valence-electron chi connectivity index (χ4n) is 4.40. The maximum absolute atomic E-state index is 14.4. The van der Waals surface area contributed by atoms with Crippen LogP contribution in [0.1, 0.15) is 33.7 Å². The predicted molar refractivity (Wildman–Crippen MR) is 123 cm³/mol. The van der Waals surface area contributed by atoms with E-state index in [0.717, 1.165) is 55.8 Å². The third kappa shape index (κ3) is 4.25. The van der Waals surface area contributed by atoms with Gasteiger partial charge >= 0.3 is 0 Å². The summed E-state index contributed by atoms with van der Waals surface area (Å²) in [6.07, 6.45) is 2.54. The molecule has 0 atom stereocenters. The van der Waals surface area contributed by atoms with E-state index >= 15 is 0 Å². The molecule has 5 rings (SSSR count). The van der Waals surface area contributed by atoms with Gasteiger partial charge in [-0.3, -0.25) is 9.69 Å². The van der Waals surface area contributed by atoms with Gasteiger partial charge in [0.25, 0.3) is 5.91 Å². The Morgan fingerprint density at radius 3 is 2.77 bits per heavy atom. The van der Waals surface area contributed by atoms with E-state index in [9.17, 15) is 9.18 Å². The van der Waals surface area contributed by atoms with E-state index in [-0.39, 0.29) is 11.7 Å². The molecule has 160 valence electrons. The molecule has 3 aromatic rings. The molecule has 0 saturated carbocycles. The van der Waals surface area contributed by atoms with Crippen LogP contribution in [0.5, 0.6) is 0 Å². The van der Waals surface area contributed by atoms with Crippen LogP contribution in [-0.2, 0) is 19.4 Å². The summed E-state index contributed by atoms with van der Waals surface area (Å²) in [4.78, 5) is 15.6. The van der Waals surface area contributed by atoms with Crippen molar-refractivity contribution in [1.82, 2.24) is 14.7 Å². The van der Waals surface area contributed by atoms with Crippen LogP contribution in [0.2, 0.25) is 0 Å². The van der Waals surface area contributed by atoms with Crippen molar-refractivity contribution in [1.29, 1.82) is 0 Å². The third-order valence-electron chi connectivity index (χ3n) is 5.92. The molecule has 1 N–H and O–H groups in total. The van der Waals surface area contributed by atoms with Crippen molar-refractivity contribution in [3.05, 3.63) is 76.9 Å². The number of rotatable bonds is 5. The average molecular weight is 437 g/mol. The molecule has 1 amide bonds. The highest BCUT2D eigenvalue weighted by atomic mass is 32.2. The summed E-state index contributed by atoms with van der Waals surface area (Å²) in [6.45, 7) is 3.09. The molecular formula is C24H25FN4OS. The second-order valence-electron chi connectivity index (χ2n) is 8.03. The monoisotopic (exact) mass is 436 g/mol. The summed E-state index contributed by atoms with van der Waals surface area (Å²) in [7, 11) is 0. The molecule has 5 nitrogen and oxygen atoms in total. The maximum Gasteiger partial charge on any atom is 0.276 e. The SMILES string of the molecule is O=C(Nc1cccc(CN2CCSCC2)c1)c1nn(-c2ccccc2F)c2c1CCC2. The Kier molecular flexibility index (Phi) is 5.78. The van der Waals surface area contributed by atoms with Gasteiger partial charge in [-0.25, -0.2) is 9.07 Å². The van der Waals surface area contributed by atoms with Crippen LogP contribution in [-0.4, -0.2) is 45.2 Å². The van der Waals surface area contributed by atoms with Gasteiger partial charge in [-0.1, -0.05) is 24.3 Å². The summed E-state index contributed by atoms with van der Waals surface area (Å²) >= 11 is 2.00. The first-order chi connectivity index (χ1) is 15.2. The number of para-hydroxylation sites is 1. The average Bonchev–Trinajstić information content (AvgIpc) is 3.38. The maximum atomic E-state index is 14.4. The van der Waals surface area contributed by atoms with Gasteiger partial charge in [0.2, 0.25) is 0 Å². The summed E-state index contributed by atoms with van der Waals surface area (Å²) < 4.78 is 16.0. The standard InChI is InChI=1S/C24H25FN4OS/c25-20-8-1-2-9-22(20)29-21-10-4-7-19(21)23(27-29)24(30)26-18-6-3-5-17(15-18)16-28-11-13-31-14-12-28/h1-3,5-6,8-9,15H,4,7,10-14,16H2,(H,26,30). The molecule has 2 aliphatic rings. The number of benzene rings is 2. The van der Waals surface area contributed by atoms with Crippen molar-refractivity contribution >= 4 is 23.4 Å². The summed E-state index contributed by atoms with van der Waals surface area (Å²) in [6, 6.07) is 14.6. The van der Waals surface area contributed by atoms with Gasteiger partial charge in [0, 0.05) is 48.1 Å². The van der Waals surface area contributed by atoms with Crippen molar-refractivity contribution in [2.24, 2.45) is 0 Å². The van der Waals surface area contributed by atoms with Crippen molar-refractivity contribution in [3.63, 3.8) is 0 Å². The first-order valence-electron chi connectivity index (χ1n) is 10.7. The van der Waals surface area contributed by atoms with Gasteiger partial charge in [-0.2, -0.15) is 16.9 Å². The molecule has 1 aromatic heterocycles. The van der Waals surface area contributed by atoms with E-state index in [2.05, 4.69) is 21.4 Å². The third-order valence-corrected chi connectivity index (χ3v) is 6.86. The molecule has 0 spiro atoms. The largest absolute Gasteiger partial charge is 0.321 e. The van der Waals surface area contributed by atoms with E-state index in [1.165, 1.54) is 23.1 Å². The molecule has 1 fully saturated rings. The van der Waals surface area contributed by atoms with E-state index in [1.807, 2.05) is 30.0 Å². The van der Waals surface area contributed by atoms with Crippen LogP contribution in [0, 0.1) is 5.82 Å². The molecule has 1 aliphatic carbocycles. The van der Waals surface area contributed by atoms with Gasteiger partial charge in [0.15, 0.2) is 5.69 Å². The molecule has 0 unspecified atom stereocenters. The molecule has 2 aromatic carbocycles. The fraction of sp³-hybridized carbons (Fsp3) is 0.333. The normalized spacial score (nSPS) is 16.3. The predicted octanol–water partition coefficient (Wildman–Crippen LogP) is 4.30. The zero-order valence-electron chi connectivity index (χ0n) is 17.3. The van der Waals surface area contributed by atoms with Crippen LogP contribution < -0.4 is 5.32 Å². The topological polar surface area (TPSA) is 50.2 Å². The highest BCUT2D eigenvalue weighted by Gasteiger charge is 2.27. The lowest BCUT2D eigenvalue weighted by atomic mass is 10.1. The van der Waals surface area contributed by atoms with Crippen LogP contribution in [0.4, 0.5) is 10.1 Å². The number of aromatic nitrogens is 2. The Labute approximate surface area is 185 Å². The van der Waals surface area contributed by atoms with Gasteiger partial charge in [0.05, 0.1) is 0 Å². The van der Waals surface area contributed by atoms with Gasteiger partial charge in [0.1, 0.15) is 11.5 Å². The van der Waals surface area contributed by atoms with Crippen LogP contribution in [0.15, 0.2) is 48.5 Å². The number of nitrogens with zero attached hydrogens (tertiary/aromatic N) is 3. The Balaban J connectivity index is 1.37. The quantitative estimate of drug-likeness (QED) is 0.648. The van der Waals surface area contributed by atoms with Crippen LogP contribution >= 0.6 is 11.8 Å².